The Bertz CT molecular complexity index is 393. The zero-order valence-electron chi connectivity index (χ0n) is 9.37. The number of halogens is 1. The lowest BCUT2D eigenvalue weighted by atomic mass is 10.1. The van der Waals surface area contributed by atoms with Crippen LogP contribution in [0.3, 0.4) is 0 Å². The van der Waals surface area contributed by atoms with Gasteiger partial charge in [-0.15, -0.1) is 0 Å². The highest BCUT2D eigenvalue weighted by Gasteiger charge is 2.08. The number of benzene rings is 1. The minimum absolute atomic E-state index is 0.0385. The van der Waals surface area contributed by atoms with E-state index in [9.17, 15) is 0 Å². The Labute approximate surface area is 100 Å². The molecule has 0 bridgehead atoms. The molecule has 1 rings (SSSR count). The van der Waals surface area contributed by atoms with Gasteiger partial charge in [0.15, 0.2) is 0 Å². The van der Waals surface area contributed by atoms with Gasteiger partial charge in [0.05, 0.1) is 0 Å². The maximum Gasteiger partial charge on any atom is 0.143 e. The second-order valence-electron chi connectivity index (χ2n) is 3.72. The summed E-state index contributed by atoms with van der Waals surface area (Å²) in [6, 6.07) is 5.67. The van der Waals surface area contributed by atoms with Crippen molar-refractivity contribution >= 4 is 23.1 Å². The summed E-state index contributed by atoms with van der Waals surface area (Å²) in [4.78, 5) is 0. The van der Waals surface area contributed by atoms with Crippen molar-refractivity contribution in [3.8, 4) is 0 Å². The Hall–Kier alpha value is -1.42. The van der Waals surface area contributed by atoms with Crippen molar-refractivity contribution in [2.24, 2.45) is 16.8 Å². The second kappa shape index (κ2) is 5.61. The van der Waals surface area contributed by atoms with Gasteiger partial charge >= 0.3 is 0 Å². The highest BCUT2D eigenvalue weighted by atomic mass is 35.5. The standard InChI is InChI=1S/C11H16ClN3O/c1-7(11(13)15-16)6-14-10-5-3-4-9(12)8(10)2/h3-5,7,14,16H,6H2,1-2H3,(H2,13,15). The molecule has 0 amide bonds. The van der Waals surface area contributed by atoms with Crippen LogP contribution in [0.2, 0.25) is 5.02 Å². The van der Waals surface area contributed by atoms with Gasteiger partial charge in [-0.2, -0.15) is 0 Å². The number of oxime groups is 1. The summed E-state index contributed by atoms with van der Waals surface area (Å²) in [5.41, 5.74) is 7.44. The van der Waals surface area contributed by atoms with Gasteiger partial charge in [-0.25, -0.2) is 0 Å². The molecule has 0 spiro atoms. The van der Waals surface area contributed by atoms with E-state index in [-0.39, 0.29) is 11.8 Å². The van der Waals surface area contributed by atoms with Gasteiger partial charge in [-0.3, -0.25) is 0 Å². The monoisotopic (exact) mass is 241 g/mol. The van der Waals surface area contributed by atoms with Gasteiger partial charge in [-0.1, -0.05) is 29.7 Å². The maximum atomic E-state index is 8.52. The summed E-state index contributed by atoms with van der Waals surface area (Å²) >= 11 is 5.99. The van der Waals surface area contributed by atoms with Crippen LogP contribution in [0, 0.1) is 12.8 Å². The van der Waals surface area contributed by atoms with Crippen molar-refractivity contribution in [1.29, 1.82) is 0 Å². The Morgan fingerprint density at radius 1 is 1.62 bits per heavy atom. The van der Waals surface area contributed by atoms with Crippen LogP contribution in [0.25, 0.3) is 0 Å². The highest BCUT2D eigenvalue weighted by Crippen LogP contribution is 2.22. The fourth-order valence-electron chi connectivity index (χ4n) is 1.27. The van der Waals surface area contributed by atoms with E-state index in [1.54, 1.807) is 0 Å². The minimum atomic E-state index is -0.0385. The first-order chi connectivity index (χ1) is 7.56. The topological polar surface area (TPSA) is 70.6 Å². The molecular formula is C11H16ClN3O. The van der Waals surface area contributed by atoms with Crippen LogP contribution in [0.15, 0.2) is 23.4 Å². The molecule has 1 unspecified atom stereocenters. The van der Waals surface area contributed by atoms with Crippen molar-refractivity contribution in [2.45, 2.75) is 13.8 Å². The van der Waals surface area contributed by atoms with Crippen molar-refractivity contribution < 1.29 is 5.21 Å². The maximum absolute atomic E-state index is 8.52. The van der Waals surface area contributed by atoms with Crippen molar-refractivity contribution in [3.63, 3.8) is 0 Å². The number of amidine groups is 1. The van der Waals surface area contributed by atoms with Crippen molar-refractivity contribution in [1.82, 2.24) is 0 Å². The third kappa shape index (κ3) is 3.03. The largest absolute Gasteiger partial charge is 0.409 e. The molecule has 88 valence electrons. The van der Waals surface area contributed by atoms with Gasteiger partial charge in [0, 0.05) is 23.2 Å². The predicted octanol–water partition coefficient (Wildman–Crippen LogP) is 2.44. The number of nitrogens with one attached hydrogen (secondary N) is 1. The smallest absolute Gasteiger partial charge is 0.143 e. The Morgan fingerprint density at radius 2 is 2.31 bits per heavy atom. The number of hydrogen-bond acceptors (Lipinski definition) is 3. The van der Waals surface area contributed by atoms with Gasteiger partial charge in [0.25, 0.3) is 0 Å². The van der Waals surface area contributed by atoms with E-state index in [0.29, 0.717) is 6.54 Å². The molecule has 0 saturated carbocycles. The predicted molar refractivity (Wildman–Crippen MR) is 67.3 cm³/mol. The zero-order valence-corrected chi connectivity index (χ0v) is 10.1. The summed E-state index contributed by atoms with van der Waals surface area (Å²) in [6.07, 6.45) is 0. The first-order valence-electron chi connectivity index (χ1n) is 5.02. The molecule has 0 aliphatic heterocycles. The quantitative estimate of drug-likeness (QED) is 0.328. The van der Waals surface area contributed by atoms with Crippen LogP contribution in [-0.2, 0) is 0 Å². The molecule has 16 heavy (non-hydrogen) atoms. The molecular weight excluding hydrogens is 226 g/mol. The van der Waals surface area contributed by atoms with Gasteiger partial charge in [0.1, 0.15) is 5.84 Å². The molecule has 0 aliphatic carbocycles. The molecule has 0 aliphatic rings. The average molecular weight is 242 g/mol. The van der Waals surface area contributed by atoms with Gasteiger partial charge in [-0.05, 0) is 24.6 Å². The number of rotatable bonds is 4. The third-order valence-corrected chi connectivity index (χ3v) is 2.90. The molecule has 1 aromatic rings. The summed E-state index contributed by atoms with van der Waals surface area (Å²) in [5.74, 6) is 0.176. The van der Waals surface area contributed by atoms with E-state index < -0.39 is 0 Å². The van der Waals surface area contributed by atoms with Crippen molar-refractivity contribution in [3.05, 3.63) is 28.8 Å². The Balaban J connectivity index is 2.65. The van der Waals surface area contributed by atoms with Crippen LogP contribution < -0.4 is 11.1 Å². The van der Waals surface area contributed by atoms with E-state index >= 15 is 0 Å². The van der Waals surface area contributed by atoms with Gasteiger partial charge < -0.3 is 16.3 Å². The molecule has 0 aromatic heterocycles. The normalized spacial score (nSPS) is 13.6. The third-order valence-electron chi connectivity index (χ3n) is 2.49. The summed E-state index contributed by atoms with van der Waals surface area (Å²) in [6.45, 7) is 4.41. The molecule has 0 radical (unpaired) electrons. The lowest BCUT2D eigenvalue weighted by molar-refractivity contribution is 0.315. The van der Waals surface area contributed by atoms with E-state index in [1.807, 2.05) is 32.0 Å². The molecule has 0 saturated heterocycles. The average Bonchev–Trinajstić information content (AvgIpc) is 2.29. The lowest BCUT2D eigenvalue weighted by Gasteiger charge is -2.14. The van der Waals surface area contributed by atoms with E-state index in [2.05, 4.69) is 10.5 Å². The first-order valence-corrected chi connectivity index (χ1v) is 5.40. The van der Waals surface area contributed by atoms with E-state index in [0.717, 1.165) is 16.3 Å². The molecule has 1 aromatic carbocycles. The zero-order chi connectivity index (χ0) is 12.1. The van der Waals surface area contributed by atoms with Crippen LogP contribution in [0.1, 0.15) is 12.5 Å². The molecule has 0 heterocycles. The molecule has 5 heteroatoms. The number of anilines is 1. The van der Waals surface area contributed by atoms with Crippen LogP contribution in [-0.4, -0.2) is 17.6 Å². The minimum Gasteiger partial charge on any atom is -0.409 e. The number of hydrogen-bond donors (Lipinski definition) is 3. The summed E-state index contributed by atoms with van der Waals surface area (Å²) in [7, 11) is 0. The van der Waals surface area contributed by atoms with Crippen LogP contribution in [0.4, 0.5) is 5.69 Å². The second-order valence-corrected chi connectivity index (χ2v) is 4.13. The van der Waals surface area contributed by atoms with Gasteiger partial charge in [0.2, 0.25) is 0 Å². The summed E-state index contributed by atoms with van der Waals surface area (Å²) in [5, 5.41) is 15.4. The van der Waals surface area contributed by atoms with Crippen LogP contribution in [0.5, 0.6) is 0 Å². The first kappa shape index (κ1) is 12.6. The highest BCUT2D eigenvalue weighted by molar-refractivity contribution is 6.31. The molecule has 4 nitrogen and oxygen atoms in total. The molecule has 1 atom stereocenters. The van der Waals surface area contributed by atoms with E-state index in [1.165, 1.54) is 0 Å². The Morgan fingerprint density at radius 3 is 2.94 bits per heavy atom. The van der Waals surface area contributed by atoms with E-state index in [4.69, 9.17) is 22.5 Å². The molecule has 4 N–H and O–H groups in total. The molecule has 0 fully saturated rings. The fourth-order valence-corrected chi connectivity index (χ4v) is 1.44. The Kier molecular flexibility index (Phi) is 4.43. The lowest BCUT2D eigenvalue weighted by Crippen LogP contribution is -2.27. The number of nitrogens with two attached hydrogens (primary N) is 1. The van der Waals surface area contributed by atoms with Crippen LogP contribution >= 0.6 is 11.6 Å². The summed E-state index contributed by atoms with van der Waals surface area (Å²) < 4.78 is 0. The number of nitrogens with zero attached hydrogens (tertiary/aromatic N) is 1. The fraction of sp³-hybridized carbons (Fsp3) is 0.364. The SMILES string of the molecule is Cc1c(Cl)cccc1NCC(C)C(N)=NO. The van der Waals surface area contributed by atoms with Crippen molar-refractivity contribution in [2.75, 3.05) is 11.9 Å².